The van der Waals surface area contributed by atoms with E-state index in [4.69, 9.17) is 0 Å². The Kier molecular flexibility index (Phi) is 9.11. The van der Waals surface area contributed by atoms with Crippen molar-refractivity contribution in [3.8, 4) is 67.0 Å². The van der Waals surface area contributed by atoms with Gasteiger partial charge in [-0.25, -0.2) is 0 Å². The Morgan fingerprint density at radius 2 is 0.739 bits per heavy atom. The molecule has 0 saturated carbocycles. The lowest BCUT2D eigenvalue weighted by Gasteiger charge is -2.16. The van der Waals surface area contributed by atoms with Crippen molar-refractivity contribution in [2.24, 2.45) is 0 Å². The highest BCUT2D eigenvalue weighted by Gasteiger charge is 2.20. The lowest BCUT2D eigenvalue weighted by Crippen LogP contribution is -1.98. The van der Waals surface area contributed by atoms with Gasteiger partial charge >= 0.3 is 0 Å². The van der Waals surface area contributed by atoms with Gasteiger partial charge in [0.15, 0.2) is 0 Å². The van der Waals surface area contributed by atoms with Gasteiger partial charge < -0.3 is 9.13 Å². The molecule has 322 valence electrons. The Labute approximate surface area is 403 Å². The van der Waals surface area contributed by atoms with Crippen molar-refractivity contribution in [1.82, 2.24) is 9.13 Å². The fraction of sp³-hybridized carbons (Fsp3) is 0. The smallest absolute Gasteiger partial charge is 0.0547 e. The Morgan fingerprint density at radius 3 is 1.48 bits per heavy atom. The van der Waals surface area contributed by atoms with Gasteiger partial charge in [0.05, 0.1) is 27.8 Å². The van der Waals surface area contributed by atoms with E-state index in [1.165, 1.54) is 119 Å². The maximum atomic E-state index is 2.47. The molecule has 0 bridgehead atoms. The summed E-state index contributed by atoms with van der Waals surface area (Å²) < 4.78 is 7.55. The van der Waals surface area contributed by atoms with Crippen molar-refractivity contribution >= 4 is 75.1 Å². The van der Waals surface area contributed by atoms with Crippen LogP contribution in [0.15, 0.2) is 255 Å². The number of benzene rings is 11. The molecule has 3 heterocycles. The van der Waals surface area contributed by atoms with Gasteiger partial charge in [-0.15, -0.1) is 11.3 Å². The summed E-state index contributed by atoms with van der Waals surface area (Å²) in [5.41, 5.74) is 19.1. The van der Waals surface area contributed by atoms with Gasteiger partial charge in [-0.2, -0.15) is 0 Å². The third-order valence-corrected chi connectivity index (χ3v) is 15.3. The Morgan fingerprint density at radius 1 is 0.246 bits per heavy atom. The van der Waals surface area contributed by atoms with Crippen LogP contribution in [0.5, 0.6) is 0 Å². The van der Waals surface area contributed by atoms with Gasteiger partial charge in [0.2, 0.25) is 0 Å². The molecule has 0 atom stereocenters. The number of fused-ring (bicyclic) bond motifs is 9. The minimum Gasteiger partial charge on any atom is -0.309 e. The second-order valence-corrected chi connectivity index (χ2v) is 19.1. The number of nitrogens with zero attached hydrogens (tertiary/aromatic N) is 2. The minimum absolute atomic E-state index is 1.14. The Hall–Kier alpha value is -8.76. The van der Waals surface area contributed by atoms with Crippen LogP contribution in [0.3, 0.4) is 0 Å². The van der Waals surface area contributed by atoms with E-state index < -0.39 is 0 Å². The first-order valence-corrected chi connectivity index (χ1v) is 24.5. The zero-order chi connectivity index (χ0) is 45.4. The molecule has 0 aliphatic heterocycles. The number of thiophene rings is 1. The summed E-state index contributed by atoms with van der Waals surface area (Å²) in [5.74, 6) is 0. The van der Waals surface area contributed by atoms with Crippen LogP contribution in [-0.2, 0) is 0 Å². The van der Waals surface area contributed by atoms with E-state index in [1.54, 1.807) is 0 Å². The van der Waals surface area contributed by atoms with Crippen molar-refractivity contribution in [3.05, 3.63) is 255 Å². The number of aromatic nitrogens is 2. The average molecular weight is 895 g/mol. The number of hydrogen-bond donors (Lipinski definition) is 0. The van der Waals surface area contributed by atoms with E-state index in [0.29, 0.717) is 0 Å². The molecule has 0 aliphatic rings. The van der Waals surface area contributed by atoms with E-state index in [0.717, 1.165) is 11.4 Å². The molecule has 14 aromatic rings. The topological polar surface area (TPSA) is 9.86 Å². The first-order chi connectivity index (χ1) is 34.2. The maximum absolute atomic E-state index is 2.47. The number of hydrogen-bond acceptors (Lipinski definition) is 1. The van der Waals surface area contributed by atoms with E-state index >= 15 is 0 Å². The van der Waals surface area contributed by atoms with Gasteiger partial charge in [0.25, 0.3) is 0 Å². The summed E-state index contributed by atoms with van der Waals surface area (Å²) in [5, 5.41) is 7.58. The van der Waals surface area contributed by atoms with Crippen molar-refractivity contribution in [3.63, 3.8) is 0 Å². The first kappa shape index (κ1) is 39.4. The average Bonchev–Trinajstić information content (AvgIpc) is 4.08. The summed E-state index contributed by atoms with van der Waals surface area (Å²) in [6.07, 6.45) is 0. The molecule has 0 fully saturated rings. The third kappa shape index (κ3) is 6.47. The lowest BCUT2D eigenvalue weighted by atomic mass is 9.96. The standard InChI is InChI=1S/C66H42N2S/c1-4-15-43(16-5-1)44-27-33-51(34-28-44)67-62-37-31-49(42-58(62)66-52(23-14-25-63(66)67)45-17-6-2-7-18-45)48-30-36-61-56(40-48)53-21-10-12-24-59(53)68(61)60-35-29-47(39-55(60)46-19-8-3-9-20-46)50-32-38-65-57(41-50)54-22-11-13-26-64(54)69-65/h1-42H. The largest absolute Gasteiger partial charge is 0.309 e. The molecule has 2 nitrogen and oxygen atoms in total. The van der Waals surface area contributed by atoms with Crippen LogP contribution in [0.4, 0.5) is 0 Å². The maximum Gasteiger partial charge on any atom is 0.0547 e. The molecule has 69 heavy (non-hydrogen) atoms. The molecule has 0 amide bonds. The van der Waals surface area contributed by atoms with Crippen molar-refractivity contribution in [2.45, 2.75) is 0 Å². The normalized spacial score (nSPS) is 11.8. The molecule has 0 radical (unpaired) electrons. The number of rotatable bonds is 7. The monoisotopic (exact) mass is 894 g/mol. The molecular formula is C66H42N2S. The van der Waals surface area contributed by atoms with Crippen molar-refractivity contribution in [2.75, 3.05) is 0 Å². The highest BCUT2D eigenvalue weighted by Crippen LogP contribution is 2.44. The first-order valence-electron chi connectivity index (χ1n) is 23.7. The highest BCUT2D eigenvalue weighted by atomic mass is 32.1. The Balaban J connectivity index is 0.931. The van der Waals surface area contributed by atoms with Gasteiger partial charge in [-0.05, 0) is 129 Å². The van der Waals surface area contributed by atoms with Crippen LogP contribution >= 0.6 is 11.3 Å². The SMILES string of the molecule is c1ccc(-c2ccc(-n3c4ccc(-c5ccc6c(c5)c5ccccc5n6-c5ccc(-c6ccc7sc8ccccc8c7c6)cc5-c5ccccc5)cc4c4c(-c5ccccc5)cccc43)cc2)cc1. The van der Waals surface area contributed by atoms with Crippen LogP contribution in [0, 0.1) is 0 Å². The van der Waals surface area contributed by atoms with Gasteiger partial charge in [-0.1, -0.05) is 176 Å². The molecule has 0 unspecified atom stereocenters. The summed E-state index contributed by atoms with van der Waals surface area (Å²) >= 11 is 1.86. The van der Waals surface area contributed by atoms with Crippen molar-refractivity contribution < 1.29 is 0 Å². The zero-order valence-corrected chi connectivity index (χ0v) is 38.4. The molecule has 0 spiro atoms. The fourth-order valence-corrected chi connectivity index (χ4v) is 12.0. The third-order valence-electron chi connectivity index (χ3n) is 14.1. The fourth-order valence-electron chi connectivity index (χ4n) is 10.9. The van der Waals surface area contributed by atoms with E-state index in [9.17, 15) is 0 Å². The van der Waals surface area contributed by atoms with Gasteiger partial charge in [0.1, 0.15) is 0 Å². The molecular weight excluding hydrogens is 853 g/mol. The van der Waals surface area contributed by atoms with Crippen molar-refractivity contribution in [1.29, 1.82) is 0 Å². The van der Waals surface area contributed by atoms with Gasteiger partial charge in [-0.3, -0.25) is 0 Å². The lowest BCUT2D eigenvalue weighted by molar-refractivity contribution is 1.18. The van der Waals surface area contributed by atoms with E-state index in [-0.39, 0.29) is 0 Å². The van der Waals surface area contributed by atoms with Crippen LogP contribution in [0.1, 0.15) is 0 Å². The van der Waals surface area contributed by atoms with Gasteiger partial charge in [0, 0.05) is 53.0 Å². The molecule has 0 saturated heterocycles. The van der Waals surface area contributed by atoms with Crippen LogP contribution in [0.2, 0.25) is 0 Å². The summed E-state index contributed by atoms with van der Waals surface area (Å²) in [4.78, 5) is 0. The zero-order valence-electron chi connectivity index (χ0n) is 37.6. The summed E-state index contributed by atoms with van der Waals surface area (Å²) in [6, 6.07) is 93.8. The molecule has 11 aromatic carbocycles. The van der Waals surface area contributed by atoms with Crippen LogP contribution in [-0.4, -0.2) is 9.13 Å². The second-order valence-electron chi connectivity index (χ2n) is 18.0. The molecule has 0 aliphatic carbocycles. The molecule has 14 rings (SSSR count). The minimum atomic E-state index is 1.14. The van der Waals surface area contributed by atoms with E-state index in [2.05, 4.69) is 264 Å². The predicted molar refractivity (Wildman–Crippen MR) is 295 cm³/mol. The van der Waals surface area contributed by atoms with Crippen LogP contribution in [0.25, 0.3) is 131 Å². The summed E-state index contributed by atoms with van der Waals surface area (Å²) in [6.45, 7) is 0. The van der Waals surface area contributed by atoms with Crippen LogP contribution < -0.4 is 0 Å². The number of para-hydroxylation sites is 1. The predicted octanol–water partition coefficient (Wildman–Crippen LogP) is 18.6. The molecule has 0 N–H and O–H groups in total. The Bertz CT molecular complexity index is 4270. The highest BCUT2D eigenvalue weighted by molar-refractivity contribution is 7.25. The second kappa shape index (κ2) is 16.0. The molecule has 3 heteroatoms. The quantitative estimate of drug-likeness (QED) is 0.151. The summed E-state index contributed by atoms with van der Waals surface area (Å²) in [7, 11) is 0. The molecule has 3 aromatic heterocycles. The van der Waals surface area contributed by atoms with E-state index in [1.807, 2.05) is 11.3 Å².